The third-order valence-corrected chi connectivity index (χ3v) is 5.27. The molecule has 1 amide bonds. The van der Waals surface area contributed by atoms with Gasteiger partial charge in [0.25, 0.3) is 5.91 Å². The number of carbonyl (C=O) groups is 1. The number of fused-ring (bicyclic) bond motifs is 1. The van der Waals surface area contributed by atoms with E-state index in [1.165, 1.54) is 0 Å². The number of nitrogens with one attached hydrogen (secondary N) is 1. The van der Waals surface area contributed by atoms with Crippen molar-refractivity contribution in [1.29, 1.82) is 0 Å². The molecule has 8 heteroatoms. The average molecular weight is 411 g/mol. The van der Waals surface area contributed by atoms with Crippen LogP contribution in [0.2, 0.25) is 0 Å². The molecule has 0 saturated carbocycles. The first kappa shape index (κ1) is 21.3. The monoisotopic (exact) mass is 410 g/mol. The zero-order valence-corrected chi connectivity index (χ0v) is 16.6. The standard InChI is InChI=1S/C19H22N4O2.2ClH/c1-25-14-7-5-12(6-8-14)18-15-10-21-9-13(15)11-23(18)19(24)16-3-2-4-17(20)22-16;;/h2-8,13,15,18,21H,9-11H2,1H3,(H2,20,22);2*1H/t13-,15-,18-;;/m0../s1. The van der Waals surface area contributed by atoms with Gasteiger partial charge in [-0.3, -0.25) is 4.79 Å². The Labute approximate surface area is 171 Å². The maximum atomic E-state index is 13.1. The van der Waals surface area contributed by atoms with Gasteiger partial charge in [0.1, 0.15) is 17.3 Å². The van der Waals surface area contributed by atoms with Crippen molar-refractivity contribution < 1.29 is 9.53 Å². The van der Waals surface area contributed by atoms with E-state index in [2.05, 4.69) is 22.4 Å². The molecule has 0 bridgehead atoms. The number of nitrogen functional groups attached to an aromatic ring is 1. The molecule has 2 aliphatic heterocycles. The first-order chi connectivity index (χ1) is 12.2. The molecule has 2 fully saturated rings. The fourth-order valence-corrected chi connectivity index (χ4v) is 4.08. The van der Waals surface area contributed by atoms with Crippen LogP contribution in [0.3, 0.4) is 0 Å². The van der Waals surface area contributed by atoms with Gasteiger partial charge in [-0.25, -0.2) is 4.98 Å². The number of carbonyl (C=O) groups excluding carboxylic acids is 1. The number of nitrogens with zero attached hydrogens (tertiary/aromatic N) is 2. The summed E-state index contributed by atoms with van der Waals surface area (Å²) >= 11 is 0. The van der Waals surface area contributed by atoms with Crippen molar-refractivity contribution in [2.45, 2.75) is 6.04 Å². The SMILES string of the molecule is COc1ccc([C@H]2[C@H]3CNC[C@H]3CN2C(=O)c2cccc(N)n2)cc1.Cl.Cl. The number of pyridine rings is 1. The lowest BCUT2D eigenvalue weighted by Gasteiger charge is -2.28. The van der Waals surface area contributed by atoms with Crippen LogP contribution < -0.4 is 15.8 Å². The number of ether oxygens (including phenoxy) is 1. The Hall–Kier alpha value is -2.02. The lowest BCUT2D eigenvalue weighted by atomic mass is 9.89. The molecule has 2 aliphatic rings. The molecule has 1 aromatic carbocycles. The van der Waals surface area contributed by atoms with Gasteiger partial charge >= 0.3 is 0 Å². The minimum absolute atomic E-state index is 0. The van der Waals surface area contributed by atoms with E-state index in [1.807, 2.05) is 17.0 Å². The summed E-state index contributed by atoms with van der Waals surface area (Å²) in [6.45, 7) is 2.62. The van der Waals surface area contributed by atoms with Crippen LogP contribution in [0.15, 0.2) is 42.5 Å². The van der Waals surface area contributed by atoms with E-state index in [0.717, 1.165) is 30.9 Å². The fourth-order valence-electron chi connectivity index (χ4n) is 4.08. The molecule has 27 heavy (non-hydrogen) atoms. The van der Waals surface area contributed by atoms with Gasteiger partial charge in [0.2, 0.25) is 0 Å². The third kappa shape index (κ3) is 3.98. The predicted octanol–water partition coefficient (Wildman–Crippen LogP) is 2.55. The number of halogens is 2. The Balaban J connectivity index is 0.00000131. The number of methoxy groups -OCH3 is 1. The number of hydrogen-bond donors (Lipinski definition) is 2. The van der Waals surface area contributed by atoms with E-state index < -0.39 is 0 Å². The van der Waals surface area contributed by atoms with Crippen LogP contribution >= 0.6 is 24.8 Å². The quantitative estimate of drug-likeness (QED) is 0.812. The molecule has 0 radical (unpaired) electrons. The largest absolute Gasteiger partial charge is 0.497 e. The lowest BCUT2D eigenvalue weighted by Crippen LogP contribution is -2.35. The second kappa shape index (κ2) is 8.78. The van der Waals surface area contributed by atoms with Crippen LogP contribution in [0.25, 0.3) is 0 Å². The smallest absolute Gasteiger partial charge is 0.273 e. The molecule has 0 unspecified atom stereocenters. The van der Waals surface area contributed by atoms with Gasteiger partial charge in [-0.2, -0.15) is 0 Å². The summed E-state index contributed by atoms with van der Waals surface area (Å²) in [7, 11) is 1.66. The fraction of sp³-hybridized carbons (Fsp3) is 0.368. The number of anilines is 1. The Morgan fingerprint density at radius 2 is 1.93 bits per heavy atom. The molecule has 4 rings (SSSR count). The normalized spacial score (nSPS) is 23.1. The zero-order valence-electron chi connectivity index (χ0n) is 15.0. The third-order valence-electron chi connectivity index (χ3n) is 5.27. The van der Waals surface area contributed by atoms with Gasteiger partial charge in [-0.05, 0) is 35.7 Å². The van der Waals surface area contributed by atoms with E-state index >= 15 is 0 Å². The molecule has 2 saturated heterocycles. The van der Waals surface area contributed by atoms with Crippen molar-refractivity contribution in [1.82, 2.24) is 15.2 Å². The summed E-state index contributed by atoms with van der Waals surface area (Å²) in [5.74, 6) is 2.02. The van der Waals surface area contributed by atoms with Crippen LogP contribution in [0.1, 0.15) is 22.1 Å². The van der Waals surface area contributed by atoms with Crippen molar-refractivity contribution in [3.05, 3.63) is 53.7 Å². The van der Waals surface area contributed by atoms with Crippen LogP contribution in [0, 0.1) is 11.8 Å². The van der Waals surface area contributed by atoms with Crippen LogP contribution in [-0.2, 0) is 0 Å². The van der Waals surface area contributed by atoms with E-state index in [4.69, 9.17) is 10.5 Å². The van der Waals surface area contributed by atoms with Crippen LogP contribution in [0.4, 0.5) is 5.82 Å². The number of likely N-dealkylation sites (tertiary alicyclic amines) is 1. The number of hydrogen-bond acceptors (Lipinski definition) is 5. The average Bonchev–Trinajstić information content (AvgIpc) is 3.22. The molecule has 0 aliphatic carbocycles. The van der Waals surface area contributed by atoms with E-state index in [-0.39, 0.29) is 36.8 Å². The highest BCUT2D eigenvalue weighted by Gasteiger charge is 2.47. The van der Waals surface area contributed by atoms with Crippen molar-refractivity contribution >= 4 is 36.5 Å². The summed E-state index contributed by atoms with van der Waals surface area (Å²) < 4.78 is 5.26. The molecule has 6 nitrogen and oxygen atoms in total. The van der Waals surface area contributed by atoms with E-state index in [1.54, 1.807) is 25.3 Å². The highest BCUT2D eigenvalue weighted by atomic mass is 35.5. The molecule has 146 valence electrons. The highest BCUT2D eigenvalue weighted by Crippen LogP contribution is 2.43. The Morgan fingerprint density at radius 3 is 2.59 bits per heavy atom. The molecule has 1 aromatic heterocycles. The number of amides is 1. The minimum Gasteiger partial charge on any atom is -0.497 e. The summed E-state index contributed by atoms with van der Waals surface area (Å²) in [5, 5.41) is 3.46. The Kier molecular flexibility index (Phi) is 6.92. The molecule has 0 spiro atoms. The predicted molar refractivity (Wildman–Crippen MR) is 110 cm³/mol. The van der Waals surface area contributed by atoms with Gasteiger partial charge in [0.05, 0.1) is 13.2 Å². The first-order valence-corrected chi connectivity index (χ1v) is 8.55. The minimum atomic E-state index is -0.0532. The van der Waals surface area contributed by atoms with Crippen molar-refractivity contribution in [2.24, 2.45) is 11.8 Å². The van der Waals surface area contributed by atoms with E-state index in [9.17, 15) is 4.79 Å². The molecule has 3 heterocycles. The van der Waals surface area contributed by atoms with Crippen molar-refractivity contribution in [3.63, 3.8) is 0 Å². The van der Waals surface area contributed by atoms with Gasteiger partial charge in [-0.15, -0.1) is 24.8 Å². The van der Waals surface area contributed by atoms with Gasteiger partial charge < -0.3 is 20.7 Å². The Morgan fingerprint density at radius 1 is 1.19 bits per heavy atom. The first-order valence-electron chi connectivity index (χ1n) is 8.55. The second-order valence-electron chi connectivity index (χ2n) is 6.71. The number of rotatable bonds is 3. The maximum absolute atomic E-state index is 13.1. The second-order valence-corrected chi connectivity index (χ2v) is 6.71. The van der Waals surface area contributed by atoms with Crippen LogP contribution in [0.5, 0.6) is 5.75 Å². The highest BCUT2D eigenvalue weighted by molar-refractivity contribution is 5.93. The topological polar surface area (TPSA) is 80.5 Å². The molecule has 3 N–H and O–H groups in total. The zero-order chi connectivity index (χ0) is 17.4. The van der Waals surface area contributed by atoms with Gasteiger partial charge in [0, 0.05) is 25.6 Å². The summed E-state index contributed by atoms with van der Waals surface area (Å²) in [6.07, 6.45) is 0. The lowest BCUT2D eigenvalue weighted by molar-refractivity contribution is 0.0708. The van der Waals surface area contributed by atoms with E-state index in [0.29, 0.717) is 23.3 Å². The maximum Gasteiger partial charge on any atom is 0.273 e. The molecular formula is C19H24Cl2N4O2. The van der Waals surface area contributed by atoms with Gasteiger partial charge in [0.15, 0.2) is 0 Å². The van der Waals surface area contributed by atoms with Crippen molar-refractivity contribution in [3.8, 4) is 5.75 Å². The number of nitrogens with two attached hydrogens (primary N) is 1. The summed E-state index contributed by atoms with van der Waals surface area (Å²) in [6, 6.07) is 13.3. The summed E-state index contributed by atoms with van der Waals surface area (Å²) in [4.78, 5) is 19.3. The Bertz CT molecular complexity index is 788. The van der Waals surface area contributed by atoms with Crippen LogP contribution in [-0.4, -0.2) is 42.5 Å². The number of benzene rings is 1. The summed E-state index contributed by atoms with van der Waals surface area (Å²) in [5.41, 5.74) is 7.30. The number of aromatic nitrogens is 1. The van der Waals surface area contributed by atoms with Crippen molar-refractivity contribution in [2.75, 3.05) is 32.5 Å². The van der Waals surface area contributed by atoms with Gasteiger partial charge in [-0.1, -0.05) is 18.2 Å². The molecule has 2 aromatic rings. The molecular weight excluding hydrogens is 387 g/mol. The molecule has 3 atom stereocenters.